The van der Waals surface area contributed by atoms with Crippen LogP contribution in [0.1, 0.15) is 124 Å². The fourth-order valence-electron chi connectivity index (χ4n) is 6.86. The normalized spacial score (nSPS) is 33.9. The molecule has 0 amide bonds. The van der Waals surface area contributed by atoms with Gasteiger partial charge in [0, 0.05) is 31.4 Å². The van der Waals surface area contributed by atoms with Gasteiger partial charge in [0.15, 0.2) is 12.1 Å². The van der Waals surface area contributed by atoms with Gasteiger partial charge in [0.2, 0.25) is 6.29 Å². The van der Waals surface area contributed by atoms with Gasteiger partial charge < -0.3 is 28.4 Å². The highest BCUT2D eigenvalue weighted by molar-refractivity contribution is 5.84. The van der Waals surface area contributed by atoms with Crippen molar-refractivity contribution in [3.63, 3.8) is 0 Å². The molecule has 1 saturated carbocycles. The number of ether oxygens (including phenoxy) is 6. The quantitative estimate of drug-likeness (QED) is 0.119. The minimum atomic E-state index is -0.566. The van der Waals surface area contributed by atoms with E-state index in [9.17, 15) is 9.59 Å². The minimum absolute atomic E-state index is 0.00888. The van der Waals surface area contributed by atoms with Crippen LogP contribution in [0.3, 0.4) is 0 Å². The molecular formula is C33H54O8. The Hall–Kier alpha value is -1.32. The third kappa shape index (κ3) is 10.4. The topological polar surface area (TPSA) is 89.5 Å². The first-order chi connectivity index (χ1) is 19.8. The summed E-state index contributed by atoms with van der Waals surface area (Å²) in [5, 5.41) is 0. The second-order valence-corrected chi connectivity index (χ2v) is 12.8. The lowest BCUT2D eigenvalue weighted by Gasteiger charge is -2.30. The van der Waals surface area contributed by atoms with Crippen LogP contribution in [-0.4, -0.2) is 61.6 Å². The van der Waals surface area contributed by atoms with Crippen molar-refractivity contribution in [3.8, 4) is 0 Å². The molecule has 41 heavy (non-hydrogen) atoms. The first-order valence-electron chi connectivity index (χ1n) is 16.5. The molecule has 0 aromatic heterocycles. The molecule has 234 valence electrons. The van der Waals surface area contributed by atoms with E-state index in [0.717, 1.165) is 103 Å². The standard InChI is InChI=1S/C33H54O8/c1-4-5-15-27-28(41-33(2,3)40-27)20-19-25-24(26(34)23-29(25)38-31-17-10-12-21-36-31)14-8-6-7-9-16-30(35)39-32-18-11-13-22-37-32/h9,16,24-25,27-29,31-32H,4-8,10-15,17-23H2,1-3H3/t24-,25-,27?,28?,29-,31?,32?/m1/s1. The van der Waals surface area contributed by atoms with E-state index in [4.69, 9.17) is 28.4 Å². The van der Waals surface area contributed by atoms with E-state index in [-0.39, 0.29) is 42.4 Å². The van der Waals surface area contributed by atoms with Gasteiger partial charge in [-0.25, -0.2) is 4.79 Å². The van der Waals surface area contributed by atoms with Crippen molar-refractivity contribution in [2.75, 3.05) is 13.2 Å². The van der Waals surface area contributed by atoms with Gasteiger partial charge in [-0.05, 0) is 90.4 Å². The Morgan fingerprint density at radius 1 is 0.902 bits per heavy atom. The molecule has 0 N–H and O–H groups in total. The van der Waals surface area contributed by atoms with Crippen molar-refractivity contribution >= 4 is 11.8 Å². The summed E-state index contributed by atoms with van der Waals surface area (Å²) in [6.45, 7) is 7.58. The molecule has 4 rings (SSSR count). The molecule has 4 aliphatic rings. The minimum Gasteiger partial charge on any atom is -0.433 e. The maximum absolute atomic E-state index is 13.3. The van der Waals surface area contributed by atoms with Gasteiger partial charge in [-0.1, -0.05) is 32.3 Å². The zero-order valence-corrected chi connectivity index (χ0v) is 25.7. The monoisotopic (exact) mass is 578 g/mol. The van der Waals surface area contributed by atoms with Crippen LogP contribution < -0.4 is 0 Å². The molecule has 0 aromatic rings. The number of ketones is 1. The number of hydrogen-bond acceptors (Lipinski definition) is 8. The van der Waals surface area contributed by atoms with Crippen LogP contribution in [-0.2, 0) is 38.0 Å². The van der Waals surface area contributed by atoms with Crippen LogP contribution in [0.5, 0.6) is 0 Å². The highest BCUT2D eigenvalue weighted by Crippen LogP contribution is 2.41. The van der Waals surface area contributed by atoms with E-state index < -0.39 is 12.1 Å². The smallest absolute Gasteiger partial charge is 0.332 e. The van der Waals surface area contributed by atoms with E-state index in [1.165, 1.54) is 6.08 Å². The third-order valence-electron chi connectivity index (χ3n) is 8.96. The van der Waals surface area contributed by atoms with E-state index >= 15 is 0 Å². The molecule has 4 fully saturated rings. The first-order valence-corrected chi connectivity index (χ1v) is 16.5. The predicted molar refractivity (Wildman–Crippen MR) is 155 cm³/mol. The van der Waals surface area contributed by atoms with Gasteiger partial charge in [-0.15, -0.1) is 0 Å². The Morgan fingerprint density at radius 2 is 1.61 bits per heavy atom. The lowest BCUT2D eigenvalue weighted by Crippen LogP contribution is -2.32. The SMILES string of the molecule is CCCCC1OC(C)(C)OC1CC[C@H]1[C@H](OC2CCCCO2)CC(=O)[C@@H]1CCCCC=CC(=O)OC1CCCCO1. The number of carbonyl (C=O) groups is 2. The highest BCUT2D eigenvalue weighted by Gasteiger charge is 2.46. The molecule has 3 heterocycles. The molecule has 0 radical (unpaired) electrons. The highest BCUT2D eigenvalue weighted by atomic mass is 16.8. The molecule has 0 bridgehead atoms. The first kappa shape index (κ1) is 32.6. The maximum Gasteiger partial charge on any atom is 0.332 e. The van der Waals surface area contributed by atoms with E-state index in [1.807, 2.05) is 19.9 Å². The summed E-state index contributed by atoms with van der Waals surface area (Å²) in [4.78, 5) is 25.3. The molecule has 4 unspecified atom stereocenters. The summed E-state index contributed by atoms with van der Waals surface area (Å²) in [6.07, 6.45) is 17.7. The van der Waals surface area contributed by atoms with Gasteiger partial charge in [-0.3, -0.25) is 4.79 Å². The zero-order valence-electron chi connectivity index (χ0n) is 25.7. The number of allylic oxidation sites excluding steroid dienone is 1. The van der Waals surface area contributed by atoms with E-state index in [1.54, 1.807) is 0 Å². The molecule has 8 nitrogen and oxygen atoms in total. The molecular weight excluding hydrogens is 524 g/mol. The number of esters is 1. The van der Waals surface area contributed by atoms with Crippen molar-refractivity contribution < 1.29 is 38.0 Å². The maximum atomic E-state index is 13.3. The van der Waals surface area contributed by atoms with Crippen molar-refractivity contribution in [3.05, 3.63) is 12.2 Å². The van der Waals surface area contributed by atoms with Crippen molar-refractivity contribution in [2.45, 2.75) is 160 Å². The Kier molecular flexibility index (Phi) is 13.1. The Morgan fingerprint density at radius 3 is 2.29 bits per heavy atom. The van der Waals surface area contributed by atoms with Crippen LogP contribution in [0.2, 0.25) is 0 Å². The summed E-state index contributed by atoms with van der Waals surface area (Å²) in [5.74, 6) is -0.442. The molecule has 7 atom stereocenters. The van der Waals surface area contributed by atoms with Gasteiger partial charge in [0.1, 0.15) is 5.78 Å². The second-order valence-electron chi connectivity index (χ2n) is 12.8. The Balaban J connectivity index is 1.28. The number of rotatable bonds is 15. The third-order valence-corrected chi connectivity index (χ3v) is 8.96. The fourth-order valence-corrected chi connectivity index (χ4v) is 6.86. The van der Waals surface area contributed by atoms with E-state index in [0.29, 0.717) is 18.8 Å². The predicted octanol–water partition coefficient (Wildman–Crippen LogP) is 6.78. The fraction of sp³-hybridized carbons (Fsp3) is 0.879. The number of Topliss-reactive ketones (excluding diaryl/α,β-unsaturated/α-hetero) is 1. The largest absolute Gasteiger partial charge is 0.433 e. The zero-order chi connectivity index (χ0) is 29.1. The molecule has 1 aliphatic carbocycles. The lowest BCUT2D eigenvalue weighted by atomic mass is 9.84. The second kappa shape index (κ2) is 16.5. The summed E-state index contributed by atoms with van der Waals surface area (Å²) in [5.41, 5.74) is 0. The van der Waals surface area contributed by atoms with Gasteiger partial charge in [0.25, 0.3) is 0 Å². The number of unbranched alkanes of at least 4 members (excludes halogenated alkanes) is 3. The Bertz CT molecular complexity index is 829. The van der Waals surface area contributed by atoms with Crippen LogP contribution in [0.25, 0.3) is 0 Å². The van der Waals surface area contributed by atoms with Gasteiger partial charge in [-0.2, -0.15) is 0 Å². The van der Waals surface area contributed by atoms with Crippen LogP contribution in [0.4, 0.5) is 0 Å². The Labute approximate surface area is 247 Å². The van der Waals surface area contributed by atoms with Crippen molar-refractivity contribution in [1.82, 2.24) is 0 Å². The number of hydrogen-bond donors (Lipinski definition) is 0. The van der Waals surface area contributed by atoms with Gasteiger partial charge >= 0.3 is 5.97 Å². The summed E-state index contributed by atoms with van der Waals surface area (Å²) in [7, 11) is 0. The molecule has 3 saturated heterocycles. The van der Waals surface area contributed by atoms with Crippen molar-refractivity contribution in [1.29, 1.82) is 0 Å². The summed E-state index contributed by atoms with van der Waals surface area (Å²) < 4.78 is 35.8. The molecule has 8 heteroatoms. The summed E-state index contributed by atoms with van der Waals surface area (Å²) >= 11 is 0. The van der Waals surface area contributed by atoms with E-state index in [2.05, 4.69) is 6.92 Å². The van der Waals surface area contributed by atoms with Crippen molar-refractivity contribution in [2.24, 2.45) is 11.8 Å². The van der Waals surface area contributed by atoms with Crippen LogP contribution in [0, 0.1) is 11.8 Å². The van der Waals surface area contributed by atoms with Gasteiger partial charge in [0.05, 0.1) is 24.9 Å². The van der Waals surface area contributed by atoms with Crippen LogP contribution >= 0.6 is 0 Å². The molecule has 3 aliphatic heterocycles. The average Bonchev–Trinajstić information content (AvgIpc) is 3.42. The summed E-state index contributed by atoms with van der Waals surface area (Å²) in [6, 6.07) is 0. The number of carbonyl (C=O) groups excluding carboxylic acids is 2. The molecule has 0 aromatic carbocycles. The van der Waals surface area contributed by atoms with Crippen LogP contribution in [0.15, 0.2) is 12.2 Å². The molecule has 0 spiro atoms. The average molecular weight is 579 g/mol. The lowest BCUT2D eigenvalue weighted by molar-refractivity contribution is -0.196.